The second kappa shape index (κ2) is 6.36. The standard InChI is InChI=1S/C13H20ClN3O/c1-17(9-11-4-2-3-5-18-11)13-6-10(7-15)12(14)8-16-13/h6,8,11H,2-5,7,9,15H2,1H3. The highest BCUT2D eigenvalue weighted by molar-refractivity contribution is 6.31. The average Bonchev–Trinajstić information content (AvgIpc) is 2.40. The van der Waals surface area contributed by atoms with Crippen molar-refractivity contribution < 1.29 is 4.74 Å². The van der Waals surface area contributed by atoms with Crippen LogP contribution in [-0.2, 0) is 11.3 Å². The molecule has 1 aliphatic rings. The lowest BCUT2D eigenvalue weighted by Gasteiger charge is -2.28. The van der Waals surface area contributed by atoms with Crippen LogP contribution in [0.2, 0.25) is 5.02 Å². The monoisotopic (exact) mass is 269 g/mol. The van der Waals surface area contributed by atoms with Gasteiger partial charge in [0, 0.05) is 32.9 Å². The van der Waals surface area contributed by atoms with Gasteiger partial charge in [0.25, 0.3) is 0 Å². The van der Waals surface area contributed by atoms with Gasteiger partial charge >= 0.3 is 0 Å². The number of ether oxygens (including phenoxy) is 1. The summed E-state index contributed by atoms with van der Waals surface area (Å²) in [7, 11) is 2.02. The SMILES string of the molecule is CN(CC1CCCCO1)c1cc(CN)c(Cl)cn1. The molecule has 0 amide bonds. The largest absolute Gasteiger partial charge is 0.376 e. The van der Waals surface area contributed by atoms with Gasteiger partial charge in [0.1, 0.15) is 5.82 Å². The maximum atomic E-state index is 6.01. The number of hydrogen-bond donors (Lipinski definition) is 1. The number of pyridine rings is 1. The van der Waals surface area contributed by atoms with Crippen molar-refractivity contribution in [3.8, 4) is 0 Å². The molecule has 100 valence electrons. The molecule has 0 aliphatic carbocycles. The Labute approximate surface area is 113 Å². The molecule has 2 rings (SSSR count). The third-order valence-electron chi connectivity index (χ3n) is 3.28. The van der Waals surface area contributed by atoms with Crippen molar-refractivity contribution in [2.75, 3.05) is 25.1 Å². The molecule has 5 heteroatoms. The van der Waals surface area contributed by atoms with Crippen molar-refractivity contribution in [2.45, 2.75) is 31.9 Å². The smallest absolute Gasteiger partial charge is 0.128 e. The Morgan fingerprint density at radius 1 is 1.56 bits per heavy atom. The second-order valence-corrected chi connectivity index (χ2v) is 5.11. The Hall–Kier alpha value is -0.840. The molecule has 18 heavy (non-hydrogen) atoms. The van der Waals surface area contributed by atoms with Gasteiger partial charge in [0.05, 0.1) is 11.1 Å². The molecule has 1 unspecified atom stereocenters. The van der Waals surface area contributed by atoms with Gasteiger partial charge in [-0.25, -0.2) is 4.98 Å². The van der Waals surface area contributed by atoms with Crippen LogP contribution >= 0.6 is 11.6 Å². The highest BCUT2D eigenvalue weighted by atomic mass is 35.5. The maximum absolute atomic E-state index is 6.01. The van der Waals surface area contributed by atoms with Crippen LogP contribution in [-0.4, -0.2) is 31.3 Å². The summed E-state index contributed by atoms with van der Waals surface area (Å²) >= 11 is 6.01. The molecule has 0 radical (unpaired) electrons. The predicted octanol–water partition coefficient (Wildman–Crippen LogP) is 2.20. The van der Waals surface area contributed by atoms with E-state index in [0.717, 1.165) is 31.0 Å². The van der Waals surface area contributed by atoms with E-state index >= 15 is 0 Å². The van der Waals surface area contributed by atoms with Crippen LogP contribution in [0, 0.1) is 0 Å². The van der Waals surface area contributed by atoms with E-state index in [-0.39, 0.29) is 0 Å². The third kappa shape index (κ3) is 3.34. The number of rotatable bonds is 4. The van der Waals surface area contributed by atoms with E-state index in [1.165, 1.54) is 12.8 Å². The fourth-order valence-corrected chi connectivity index (χ4v) is 2.36. The zero-order valence-electron chi connectivity index (χ0n) is 10.7. The zero-order valence-corrected chi connectivity index (χ0v) is 11.5. The number of likely N-dealkylation sites (N-methyl/N-ethyl adjacent to an activating group) is 1. The van der Waals surface area contributed by atoms with Crippen molar-refractivity contribution >= 4 is 17.4 Å². The third-order valence-corrected chi connectivity index (χ3v) is 3.62. The highest BCUT2D eigenvalue weighted by Gasteiger charge is 2.17. The van der Waals surface area contributed by atoms with Gasteiger partial charge in [-0.15, -0.1) is 0 Å². The molecule has 0 spiro atoms. The van der Waals surface area contributed by atoms with E-state index in [1.807, 2.05) is 13.1 Å². The summed E-state index contributed by atoms with van der Waals surface area (Å²) < 4.78 is 5.73. The Balaban J connectivity index is 2.01. The summed E-state index contributed by atoms with van der Waals surface area (Å²) in [6.07, 6.45) is 5.53. The van der Waals surface area contributed by atoms with Crippen LogP contribution in [0.4, 0.5) is 5.82 Å². The summed E-state index contributed by atoms with van der Waals surface area (Å²) in [5, 5.41) is 0.628. The van der Waals surface area contributed by atoms with Gasteiger partial charge in [0.2, 0.25) is 0 Å². The topological polar surface area (TPSA) is 51.4 Å². The summed E-state index contributed by atoms with van der Waals surface area (Å²) in [6.45, 7) is 2.17. The molecule has 0 bridgehead atoms. The van der Waals surface area contributed by atoms with Crippen LogP contribution in [0.15, 0.2) is 12.3 Å². The van der Waals surface area contributed by atoms with Gasteiger partial charge in [-0.1, -0.05) is 11.6 Å². The molecular formula is C13H20ClN3O. The number of nitrogens with zero attached hydrogens (tertiary/aromatic N) is 2. The minimum absolute atomic E-state index is 0.308. The lowest BCUT2D eigenvalue weighted by atomic mass is 10.1. The summed E-state index contributed by atoms with van der Waals surface area (Å²) in [5.74, 6) is 0.897. The first-order chi connectivity index (χ1) is 8.70. The highest BCUT2D eigenvalue weighted by Crippen LogP contribution is 2.21. The minimum atomic E-state index is 0.308. The number of nitrogens with two attached hydrogens (primary N) is 1. The fraction of sp³-hybridized carbons (Fsp3) is 0.615. The average molecular weight is 270 g/mol. The molecule has 2 heterocycles. The Morgan fingerprint density at radius 2 is 2.39 bits per heavy atom. The Bertz CT molecular complexity index is 394. The fourth-order valence-electron chi connectivity index (χ4n) is 2.18. The minimum Gasteiger partial charge on any atom is -0.376 e. The van der Waals surface area contributed by atoms with Crippen molar-refractivity contribution in [2.24, 2.45) is 5.73 Å². The van der Waals surface area contributed by atoms with Gasteiger partial charge in [-0.3, -0.25) is 0 Å². The van der Waals surface area contributed by atoms with E-state index < -0.39 is 0 Å². The Kier molecular flexibility index (Phi) is 4.80. The molecule has 1 aliphatic heterocycles. The van der Waals surface area contributed by atoms with E-state index in [0.29, 0.717) is 17.7 Å². The van der Waals surface area contributed by atoms with Crippen molar-refractivity contribution in [3.63, 3.8) is 0 Å². The van der Waals surface area contributed by atoms with Crippen LogP contribution in [0.25, 0.3) is 0 Å². The number of halogens is 1. The molecule has 0 aromatic carbocycles. The molecule has 1 saturated heterocycles. The molecule has 1 fully saturated rings. The first-order valence-corrected chi connectivity index (χ1v) is 6.75. The quantitative estimate of drug-likeness (QED) is 0.910. The van der Waals surface area contributed by atoms with E-state index in [1.54, 1.807) is 6.20 Å². The maximum Gasteiger partial charge on any atom is 0.128 e. The van der Waals surface area contributed by atoms with Crippen molar-refractivity contribution in [1.29, 1.82) is 0 Å². The molecule has 1 aromatic rings. The molecular weight excluding hydrogens is 250 g/mol. The number of aromatic nitrogens is 1. The molecule has 0 saturated carbocycles. The number of anilines is 1. The van der Waals surface area contributed by atoms with Crippen molar-refractivity contribution in [3.05, 3.63) is 22.8 Å². The van der Waals surface area contributed by atoms with Crippen LogP contribution < -0.4 is 10.6 Å². The molecule has 4 nitrogen and oxygen atoms in total. The van der Waals surface area contributed by atoms with E-state index in [9.17, 15) is 0 Å². The number of hydrogen-bond acceptors (Lipinski definition) is 4. The molecule has 1 atom stereocenters. The molecule has 2 N–H and O–H groups in total. The van der Waals surface area contributed by atoms with E-state index in [2.05, 4.69) is 9.88 Å². The van der Waals surface area contributed by atoms with E-state index in [4.69, 9.17) is 22.1 Å². The van der Waals surface area contributed by atoms with Gasteiger partial charge in [-0.2, -0.15) is 0 Å². The van der Waals surface area contributed by atoms with Gasteiger partial charge in [0.15, 0.2) is 0 Å². The first-order valence-electron chi connectivity index (χ1n) is 6.38. The summed E-state index contributed by atoms with van der Waals surface area (Å²) in [4.78, 5) is 6.44. The second-order valence-electron chi connectivity index (χ2n) is 4.71. The van der Waals surface area contributed by atoms with Crippen LogP contribution in [0.1, 0.15) is 24.8 Å². The van der Waals surface area contributed by atoms with Crippen LogP contribution in [0.3, 0.4) is 0 Å². The predicted molar refractivity (Wildman–Crippen MR) is 74.0 cm³/mol. The normalized spacial score (nSPS) is 19.8. The first kappa shape index (κ1) is 13.6. The Morgan fingerprint density at radius 3 is 3.06 bits per heavy atom. The summed E-state index contributed by atoms with van der Waals surface area (Å²) in [5.41, 5.74) is 6.58. The lowest BCUT2D eigenvalue weighted by molar-refractivity contribution is 0.0215. The summed E-state index contributed by atoms with van der Waals surface area (Å²) in [6, 6.07) is 1.95. The van der Waals surface area contributed by atoms with Crippen LogP contribution in [0.5, 0.6) is 0 Å². The van der Waals surface area contributed by atoms with Gasteiger partial charge < -0.3 is 15.4 Å². The zero-order chi connectivity index (χ0) is 13.0. The van der Waals surface area contributed by atoms with Gasteiger partial charge in [-0.05, 0) is 30.9 Å². The lowest BCUT2D eigenvalue weighted by Crippen LogP contribution is -2.33. The van der Waals surface area contributed by atoms with Crippen molar-refractivity contribution in [1.82, 2.24) is 4.98 Å². The molecule has 1 aromatic heterocycles.